The van der Waals surface area contributed by atoms with E-state index >= 15 is 0 Å². The first kappa shape index (κ1) is 15.3. The van der Waals surface area contributed by atoms with E-state index in [0.29, 0.717) is 18.7 Å². The highest BCUT2D eigenvalue weighted by Crippen LogP contribution is 2.43. The van der Waals surface area contributed by atoms with Crippen LogP contribution in [0.15, 0.2) is 24.8 Å². The molecule has 2 heterocycles. The van der Waals surface area contributed by atoms with Crippen molar-refractivity contribution in [1.29, 1.82) is 0 Å². The summed E-state index contributed by atoms with van der Waals surface area (Å²) in [5.74, 6) is -0.0312. The maximum atomic E-state index is 12.4. The lowest BCUT2D eigenvalue weighted by Crippen LogP contribution is -2.35. The standard InChI is InChI=1S/C16H20N4O3/c1-10(7-20-9-17-8-18-20)19-15(22)12-5-4-11-6-16(2,3)23-14(11)13(12)21/h4-5,8-10,21H,6-7H2,1-3H3,(H,19,22)/t10-/m0/s1. The summed E-state index contributed by atoms with van der Waals surface area (Å²) >= 11 is 0. The van der Waals surface area contributed by atoms with Crippen molar-refractivity contribution in [2.75, 3.05) is 0 Å². The van der Waals surface area contributed by atoms with Crippen molar-refractivity contribution >= 4 is 5.91 Å². The molecule has 0 spiro atoms. The Bertz CT molecular complexity index is 725. The Labute approximate surface area is 134 Å². The van der Waals surface area contributed by atoms with Crippen molar-refractivity contribution in [3.05, 3.63) is 35.9 Å². The van der Waals surface area contributed by atoms with Gasteiger partial charge < -0.3 is 15.2 Å². The molecular formula is C16H20N4O3. The minimum Gasteiger partial charge on any atom is -0.504 e. The average molecular weight is 316 g/mol. The van der Waals surface area contributed by atoms with E-state index in [2.05, 4.69) is 15.4 Å². The number of nitrogens with zero attached hydrogens (tertiary/aromatic N) is 3. The number of nitrogens with one attached hydrogen (secondary N) is 1. The van der Waals surface area contributed by atoms with Crippen LogP contribution in [0.4, 0.5) is 0 Å². The van der Waals surface area contributed by atoms with E-state index < -0.39 is 0 Å². The highest BCUT2D eigenvalue weighted by Gasteiger charge is 2.33. The van der Waals surface area contributed by atoms with E-state index in [1.54, 1.807) is 17.1 Å². The van der Waals surface area contributed by atoms with Crippen molar-refractivity contribution in [3.8, 4) is 11.5 Å². The quantitative estimate of drug-likeness (QED) is 0.892. The van der Waals surface area contributed by atoms with Crippen LogP contribution in [0.2, 0.25) is 0 Å². The summed E-state index contributed by atoms with van der Waals surface area (Å²) in [6.45, 7) is 6.27. The molecule has 1 aliphatic rings. The number of amides is 1. The van der Waals surface area contributed by atoms with Gasteiger partial charge in [-0.1, -0.05) is 6.07 Å². The topological polar surface area (TPSA) is 89.3 Å². The molecule has 0 radical (unpaired) electrons. The second kappa shape index (κ2) is 5.57. The van der Waals surface area contributed by atoms with E-state index in [0.717, 1.165) is 5.56 Å². The number of ether oxygens (including phenoxy) is 1. The van der Waals surface area contributed by atoms with Gasteiger partial charge in [0, 0.05) is 18.0 Å². The number of carbonyl (C=O) groups excluding carboxylic acids is 1. The predicted molar refractivity (Wildman–Crippen MR) is 83.5 cm³/mol. The number of rotatable bonds is 4. The molecule has 0 fully saturated rings. The molecule has 0 saturated heterocycles. The second-order valence-electron chi connectivity index (χ2n) is 6.48. The zero-order valence-corrected chi connectivity index (χ0v) is 13.4. The average Bonchev–Trinajstić information content (AvgIpc) is 3.05. The monoisotopic (exact) mass is 316 g/mol. The molecule has 0 saturated carbocycles. The molecule has 1 aliphatic heterocycles. The molecule has 2 aromatic rings. The van der Waals surface area contributed by atoms with E-state index in [1.165, 1.54) is 6.33 Å². The van der Waals surface area contributed by atoms with Gasteiger partial charge >= 0.3 is 0 Å². The predicted octanol–water partition coefficient (Wildman–Crippen LogP) is 1.52. The fourth-order valence-corrected chi connectivity index (χ4v) is 2.78. The molecule has 1 aromatic carbocycles. The van der Waals surface area contributed by atoms with Crippen LogP contribution in [0.5, 0.6) is 11.5 Å². The van der Waals surface area contributed by atoms with Crippen LogP contribution in [-0.4, -0.2) is 37.4 Å². The van der Waals surface area contributed by atoms with E-state index in [-0.39, 0.29) is 28.9 Å². The lowest BCUT2D eigenvalue weighted by molar-refractivity contribution is 0.0930. The highest BCUT2D eigenvalue weighted by atomic mass is 16.5. The van der Waals surface area contributed by atoms with E-state index in [1.807, 2.05) is 26.8 Å². The van der Waals surface area contributed by atoms with Gasteiger partial charge in [0.1, 0.15) is 18.3 Å². The smallest absolute Gasteiger partial charge is 0.255 e. The molecule has 0 aliphatic carbocycles. The van der Waals surface area contributed by atoms with Gasteiger partial charge in [-0.3, -0.25) is 9.48 Å². The zero-order valence-electron chi connectivity index (χ0n) is 13.4. The third-order valence-corrected chi connectivity index (χ3v) is 3.76. The first-order chi connectivity index (χ1) is 10.9. The molecule has 0 unspecified atom stereocenters. The van der Waals surface area contributed by atoms with Crippen LogP contribution in [0.1, 0.15) is 36.7 Å². The summed E-state index contributed by atoms with van der Waals surface area (Å²) in [6, 6.07) is 3.31. The maximum Gasteiger partial charge on any atom is 0.255 e. The minimum atomic E-state index is -0.366. The van der Waals surface area contributed by atoms with E-state index in [9.17, 15) is 9.90 Å². The third kappa shape index (κ3) is 3.13. The van der Waals surface area contributed by atoms with Crippen LogP contribution in [0.25, 0.3) is 0 Å². The molecule has 1 aromatic heterocycles. The minimum absolute atomic E-state index is 0.0986. The lowest BCUT2D eigenvalue weighted by Gasteiger charge is -2.18. The van der Waals surface area contributed by atoms with Gasteiger partial charge in [0.2, 0.25) is 0 Å². The van der Waals surface area contributed by atoms with Gasteiger partial charge in [-0.25, -0.2) is 4.98 Å². The number of aromatic nitrogens is 3. The zero-order chi connectivity index (χ0) is 16.6. The summed E-state index contributed by atoms with van der Waals surface area (Å²) in [5.41, 5.74) is 0.765. The highest BCUT2D eigenvalue weighted by molar-refractivity contribution is 5.98. The van der Waals surface area contributed by atoms with Crippen LogP contribution in [-0.2, 0) is 13.0 Å². The van der Waals surface area contributed by atoms with Crippen molar-refractivity contribution in [2.45, 2.75) is 45.4 Å². The Morgan fingerprint density at radius 1 is 1.52 bits per heavy atom. The summed E-state index contributed by atoms with van der Waals surface area (Å²) in [6.07, 6.45) is 3.74. The van der Waals surface area contributed by atoms with E-state index in [4.69, 9.17) is 4.74 Å². The Morgan fingerprint density at radius 2 is 2.30 bits per heavy atom. The Hall–Kier alpha value is -2.57. The molecule has 3 rings (SSSR count). The van der Waals surface area contributed by atoms with Gasteiger partial charge in [0.15, 0.2) is 11.5 Å². The van der Waals surface area contributed by atoms with Crippen LogP contribution in [0.3, 0.4) is 0 Å². The van der Waals surface area contributed by atoms with Gasteiger partial charge in [-0.2, -0.15) is 5.10 Å². The number of carbonyl (C=O) groups is 1. The summed E-state index contributed by atoms with van der Waals surface area (Å²) < 4.78 is 7.39. The molecule has 1 amide bonds. The van der Waals surface area contributed by atoms with Gasteiger partial charge in [0.25, 0.3) is 5.91 Å². The number of phenols is 1. The van der Waals surface area contributed by atoms with Crippen LogP contribution in [0, 0.1) is 0 Å². The Balaban J connectivity index is 1.73. The maximum absolute atomic E-state index is 12.4. The van der Waals surface area contributed by atoms with Gasteiger partial charge in [-0.05, 0) is 26.8 Å². The molecule has 122 valence electrons. The van der Waals surface area contributed by atoms with Crippen LogP contribution >= 0.6 is 0 Å². The fourth-order valence-electron chi connectivity index (χ4n) is 2.78. The number of hydrogen-bond acceptors (Lipinski definition) is 5. The first-order valence-corrected chi connectivity index (χ1v) is 7.53. The summed E-state index contributed by atoms with van der Waals surface area (Å²) in [4.78, 5) is 16.3. The first-order valence-electron chi connectivity index (χ1n) is 7.53. The largest absolute Gasteiger partial charge is 0.504 e. The van der Waals surface area contributed by atoms with Crippen molar-refractivity contribution in [1.82, 2.24) is 20.1 Å². The molecule has 23 heavy (non-hydrogen) atoms. The van der Waals surface area contributed by atoms with Crippen molar-refractivity contribution in [2.24, 2.45) is 0 Å². The van der Waals surface area contributed by atoms with Crippen molar-refractivity contribution in [3.63, 3.8) is 0 Å². The van der Waals surface area contributed by atoms with Crippen molar-refractivity contribution < 1.29 is 14.6 Å². The molecule has 1 atom stereocenters. The van der Waals surface area contributed by atoms with Gasteiger partial charge in [-0.15, -0.1) is 0 Å². The lowest BCUT2D eigenvalue weighted by atomic mass is 10.00. The fraction of sp³-hybridized carbons (Fsp3) is 0.438. The number of fused-ring (bicyclic) bond motifs is 1. The summed E-state index contributed by atoms with van der Waals surface area (Å²) in [7, 11) is 0. The second-order valence-corrected chi connectivity index (χ2v) is 6.48. The normalized spacial score (nSPS) is 16.5. The molecular weight excluding hydrogens is 296 g/mol. The Kier molecular flexibility index (Phi) is 3.71. The molecule has 0 bridgehead atoms. The number of aromatic hydroxyl groups is 1. The Morgan fingerprint density at radius 3 is 3.00 bits per heavy atom. The third-order valence-electron chi connectivity index (χ3n) is 3.76. The number of hydrogen-bond donors (Lipinski definition) is 2. The van der Waals surface area contributed by atoms with Crippen LogP contribution < -0.4 is 10.1 Å². The molecule has 7 nitrogen and oxygen atoms in total. The molecule has 7 heteroatoms. The molecule has 2 N–H and O–H groups in total. The SMILES string of the molecule is C[C@@H](Cn1cncn1)NC(=O)c1ccc2c(c1O)OC(C)(C)C2. The summed E-state index contributed by atoms with van der Waals surface area (Å²) in [5, 5.41) is 17.2. The number of phenolic OH excluding ortho intramolecular Hbond substituents is 1. The number of benzene rings is 1. The van der Waals surface area contributed by atoms with Gasteiger partial charge in [0.05, 0.1) is 12.1 Å².